The molecule has 0 radical (unpaired) electrons. The normalized spacial score (nSPS) is 21.3. The molecule has 0 bridgehead atoms. The number of rotatable bonds is 5. The molecule has 1 rings (SSSR count). The summed E-state index contributed by atoms with van der Waals surface area (Å²) in [6, 6.07) is 0. The van der Waals surface area contributed by atoms with Crippen LogP contribution in [0, 0.1) is 0 Å². The van der Waals surface area contributed by atoms with Crippen LogP contribution >= 0.6 is 0 Å². The van der Waals surface area contributed by atoms with Crippen molar-refractivity contribution < 1.29 is 14.3 Å². The Balaban J connectivity index is 2.67. The Bertz CT molecular complexity index is 354. The van der Waals surface area contributed by atoms with Gasteiger partial charge in [0.25, 0.3) is 0 Å². The van der Waals surface area contributed by atoms with Gasteiger partial charge in [0.1, 0.15) is 6.29 Å². The Hall–Kier alpha value is -1.02. The van der Waals surface area contributed by atoms with Crippen molar-refractivity contribution in [2.24, 2.45) is 0 Å². The molecule has 0 atom stereocenters. The van der Waals surface area contributed by atoms with Crippen molar-refractivity contribution in [3.8, 4) is 0 Å². The highest BCUT2D eigenvalue weighted by Gasteiger charge is 2.16. The van der Waals surface area contributed by atoms with E-state index in [1.807, 2.05) is 0 Å². The Labute approximate surface area is 140 Å². The zero-order chi connectivity index (χ0) is 17.1. The van der Waals surface area contributed by atoms with Crippen molar-refractivity contribution in [3.63, 3.8) is 0 Å². The van der Waals surface area contributed by atoms with Gasteiger partial charge in [0.15, 0.2) is 0 Å². The monoisotopic (exact) mass is 328 g/mol. The summed E-state index contributed by atoms with van der Waals surface area (Å²) in [6.45, 7) is 11.1. The zero-order valence-electron chi connectivity index (χ0n) is 14.9. The molecule has 0 aromatic heterocycles. The van der Waals surface area contributed by atoms with E-state index in [1.54, 1.807) is 0 Å². The van der Waals surface area contributed by atoms with E-state index in [-0.39, 0.29) is 5.97 Å². The summed E-state index contributed by atoms with van der Waals surface area (Å²) in [5.41, 5.74) is 0. The number of hydrogen-bond donors (Lipinski definition) is 0. The fourth-order valence-corrected chi connectivity index (χ4v) is 2.65. The quantitative estimate of drug-likeness (QED) is 0.485. The molecule has 0 aromatic carbocycles. The molecule has 0 saturated carbocycles. The molecule has 0 aromatic rings. The molecule has 1 aliphatic heterocycles. The first-order chi connectivity index (χ1) is 11.1. The topological polar surface area (TPSA) is 56.3 Å². The third-order valence-corrected chi connectivity index (χ3v) is 4.42. The number of methoxy groups -OCH3 is 1. The van der Waals surface area contributed by atoms with Crippen molar-refractivity contribution in [3.05, 3.63) is 0 Å². The largest absolute Gasteiger partial charge is 0.468 e. The lowest BCUT2D eigenvalue weighted by Gasteiger charge is -2.32. The summed E-state index contributed by atoms with van der Waals surface area (Å²) in [4.78, 5) is 31.5. The van der Waals surface area contributed by atoms with Crippen LogP contribution in [0.1, 0.15) is 6.92 Å². The van der Waals surface area contributed by atoms with E-state index in [0.717, 1.165) is 65.2 Å². The summed E-state index contributed by atoms with van der Waals surface area (Å²) in [6.07, 6.45) is 0.959. The molecule has 0 amide bonds. The number of nitrogens with zero attached hydrogens (tertiary/aromatic N) is 4. The first-order valence-electron chi connectivity index (χ1n) is 8.45. The number of carbonyl (C=O) groups is 2. The number of likely N-dealkylation sites (N-methyl/N-ethyl adjacent to an activating group) is 2. The molecule has 23 heavy (non-hydrogen) atoms. The number of carbonyl (C=O) groups excluding carboxylic acids is 2. The molecule has 1 saturated heterocycles. The molecule has 7 nitrogen and oxygen atoms in total. The van der Waals surface area contributed by atoms with Crippen LogP contribution < -0.4 is 0 Å². The molecule has 0 aliphatic carbocycles. The van der Waals surface area contributed by atoms with E-state index in [9.17, 15) is 9.59 Å². The van der Waals surface area contributed by atoms with Gasteiger partial charge in [-0.1, -0.05) is 6.92 Å². The third-order valence-electron chi connectivity index (χ3n) is 4.42. The van der Waals surface area contributed by atoms with Gasteiger partial charge in [0, 0.05) is 52.4 Å². The van der Waals surface area contributed by atoms with Gasteiger partial charge in [0.2, 0.25) is 0 Å². The maximum Gasteiger partial charge on any atom is 0.319 e. The van der Waals surface area contributed by atoms with Crippen molar-refractivity contribution in [2.75, 3.05) is 86.1 Å². The van der Waals surface area contributed by atoms with Gasteiger partial charge in [-0.3, -0.25) is 14.6 Å². The summed E-state index contributed by atoms with van der Waals surface area (Å²) >= 11 is 0. The van der Waals surface area contributed by atoms with E-state index in [2.05, 4.69) is 33.6 Å². The number of aldehydes is 1. The van der Waals surface area contributed by atoms with Gasteiger partial charge in [0.05, 0.1) is 20.2 Å². The van der Waals surface area contributed by atoms with Gasteiger partial charge >= 0.3 is 5.97 Å². The van der Waals surface area contributed by atoms with Crippen molar-refractivity contribution in [1.29, 1.82) is 0 Å². The second-order valence-corrected chi connectivity index (χ2v) is 6.06. The predicted octanol–water partition coefficient (Wildman–Crippen LogP) is -0.770. The van der Waals surface area contributed by atoms with E-state index in [1.165, 1.54) is 7.11 Å². The molecule has 134 valence electrons. The van der Waals surface area contributed by atoms with E-state index < -0.39 is 0 Å². The summed E-state index contributed by atoms with van der Waals surface area (Å²) in [5, 5.41) is 0. The first-order valence-corrected chi connectivity index (χ1v) is 8.45. The molecule has 7 heteroatoms. The maximum atomic E-state index is 11.6. The lowest BCUT2D eigenvalue weighted by atomic mass is 10.3. The molecule has 0 N–H and O–H groups in total. The van der Waals surface area contributed by atoms with Crippen LogP contribution in [0.4, 0.5) is 0 Å². The van der Waals surface area contributed by atoms with Gasteiger partial charge in [-0.2, -0.15) is 0 Å². The Morgan fingerprint density at radius 2 is 1.48 bits per heavy atom. The maximum absolute atomic E-state index is 11.6. The molecule has 1 aliphatic rings. The second kappa shape index (κ2) is 11.5. The third kappa shape index (κ3) is 8.41. The number of ether oxygens (including phenoxy) is 1. The summed E-state index contributed by atoms with van der Waals surface area (Å²) in [5.74, 6) is -0.209. The average Bonchev–Trinajstić information content (AvgIpc) is 2.55. The minimum absolute atomic E-state index is 0.209. The smallest absolute Gasteiger partial charge is 0.319 e. The fourth-order valence-electron chi connectivity index (χ4n) is 2.65. The van der Waals surface area contributed by atoms with E-state index >= 15 is 0 Å². The Kier molecular flexibility index (Phi) is 10.0. The molecular weight excluding hydrogens is 296 g/mol. The zero-order valence-corrected chi connectivity index (χ0v) is 14.9. The number of esters is 1. The summed E-state index contributed by atoms with van der Waals surface area (Å²) < 4.78 is 4.78. The minimum Gasteiger partial charge on any atom is -0.468 e. The van der Waals surface area contributed by atoms with Crippen LogP contribution in [0.5, 0.6) is 0 Å². The van der Waals surface area contributed by atoms with Gasteiger partial charge in [-0.15, -0.1) is 0 Å². The lowest BCUT2D eigenvalue weighted by Crippen LogP contribution is -2.46. The molecule has 1 heterocycles. The highest BCUT2D eigenvalue weighted by Crippen LogP contribution is 1.99. The van der Waals surface area contributed by atoms with E-state index in [0.29, 0.717) is 13.1 Å². The minimum atomic E-state index is -0.209. The van der Waals surface area contributed by atoms with Gasteiger partial charge < -0.3 is 19.3 Å². The average molecular weight is 328 g/mol. The predicted molar refractivity (Wildman–Crippen MR) is 90.6 cm³/mol. The standard InChI is InChI=1S/C16H32N4O3/c1-4-18-7-5-17(2)6-8-20(15-16(22)23-3)12-11-19(10-9-18)13-14-21/h14H,4-13,15H2,1-3H3. The highest BCUT2D eigenvalue weighted by molar-refractivity contribution is 5.71. The van der Waals surface area contributed by atoms with Crippen molar-refractivity contribution in [2.45, 2.75) is 6.92 Å². The summed E-state index contributed by atoms with van der Waals surface area (Å²) in [7, 11) is 3.54. The van der Waals surface area contributed by atoms with Crippen LogP contribution in [0.25, 0.3) is 0 Å². The molecular formula is C16H32N4O3. The Morgan fingerprint density at radius 1 is 0.957 bits per heavy atom. The SMILES string of the molecule is CCN1CCN(C)CCN(CC(=O)OC)CCN(CC=O)CC1. The first kappa shape index (κ1) is 20.0. The molecule has 1 fully saturated rings. The van der Waals surface area contributed by atoms with Crippen LogP contribution in [-0.2, 0) is 14.3 Å². The van der Waals surface area contributed by atoms with Crippen molar-refractivity contribution >= 4 is 12.3 Å². The van der Waals surface area contributed by atoms with E-state index in [4.69, 9.17) is 4.74 Å². The number of hydrogen-bond acceptors (Lipinski definition) is 7. The van der Waals surface area contributed by atoms with Crippen molar-refractivity contribution in [1.82, 2.24) is 19.6 Å². The molecule has 0 unspecified atom stereocenters. The van der Waals surface area contributed by atoms with Crippen LogP contribution in [-0.4, -0.2) is 118 Å². The van der Waals surface area contributed by atoms with Crippen LogP contribution in [0.2, 0.25) is 0 Å². The van der Waals surface area contributed by atoms with Crippen LogP contribution in [0.3, 0.4) is 0 Å². The van der Waals surface area contributed by atoms with Gasteiger partial charge in [-0.05, 0) is 13.6 Å². The van der Waals surface area contributed by atoms with Gasteiger partial charge in [-0.25, -0.2) is 0 Å². The lowest BCUT2D eigenvalue weighted by molar-refractivity contribution is -0.142. The van der Waals surface area contributed by atoms with Crippen LogP contribution in [0.15, 0.2) is 0 Å². The fraction of sp³-hybridized carbons (Fsp3) is 0.875. The Morgan fingerprint density at radius 3 is 2.04 bits per heavy atom. The molecule has 0 spiro atoms. The highest BCUT2D eigenvalue weighted by atomic mass is 16.5. The second-order valence-electron chi connectivity index (χ2n) is 6.06.